The predicted octanol–water partition coefficient (Wildman–Crippen LogP) is 11.2. The van der Waals surface area contributed by atoms with Gasteiger partial charge in [0.2, 0.25) is 0 Å². The summed E-state index contributed by atoms with van der Waals surface area (Å²) in [6.45, 7) is 0. The van der Waals surface area contributed by atoms with E-state index in [1.807, 2.05) is 0 Å². The first-order valence-corrected chi connectivity index (χ1v) is 15.9. The smallest absolute Gasteiger partial charge is 0.188 e. The SMILES string of the molecule is Fc1c(F)c2c(F)c(F)c1-n1cc3c4ccccc4c4cn(cc4c3c1)-c1c(F)c(F)c(c(F)c1F)-n1cc3c4ccccc4c4cn-2cc4c3c1. The number of rotatable bonds is 0. The van der Waals surface area contributed by atoms with E-state index in [4.69, 9.17) is 0 Å². The fraction of sp³-hybridized carbons (Fsp3) is 0. The quantitative estimate of drug-likeness (QED) is 0.111. The minimum Gasteiger partial charge on any atom is -0.317 e. The van der Waals surface area contributed by atoms with E-state index in [0.29, 0.717) is 43.1 Å². The molecular formula is C40H16F8N4. The lowest BCUT2D eigenvalue weighted by Gasteiger charge is -2.13. The van der Waals surface area contributed by atoms with Crippen LogP contribution in [0.25, 0.3) is 87.4 Å². The topological polar surface area (TPSA) is 19.7 Å². The highest BCUT2D eigenvalue weighted by atomic mass is 19.2. The zero-order valence-corrected chi connectivity index (χ0v) is 26.1. The molecule has 52 heavy (non-hydrogen) atoms. The summed E-state index contributed by atoms with van der Waals surface area (Å²) < 4.78 is 133. The summed E-state index contributed by atoms with van der Waals surface area (Å²) in [5, 5.41) is 4.70. The molecule has 6 aromatic carbocycles. The second kappa shape index (κ2) is 9.60. The van der Waals surface area contributed by atoms with Crippen molar-refractivity contribution in [2.75, 3.05) is 0 Å². The number of fused-ring (bicyclic) bond motifs is 6. The van der Waals surface area contributed by atoms with Crippen LogP contribution in [-0.2, 0) is 0 Å². The molecule has 14 rings (SSSR count). The second-order valence-corrected chi connectivity index (χ2v) is 13.0. The van der Waals surface area contributed by atoms with Gasteiger partial charge in [-0.1, -0.05) is 48.5 Å². The van der Waals surface area contributed by atoms with Crippen LogP contribution in [-0.4, -0.2) is 18.3 Å². The molecule has 0 spiro atoms. The van der Waals surface area contributed by atoms with Crippen LogP contribution in [0.15, 0.2) is 98.1 Å². The minimum atomic E-state index is -1.66. The van der Waals surface area contributed by atoms with E-state index in [9.17, 15) is 0 Å². The van der Waals surface area contributed by atoms with Gasteiger partial charge in [0.25, 0.3) is 0 Å². The molecule has 0 aliphatic carbocycles. The van der Waals surface area contributed by atoms with Gasteiger partial charge < -0.3 is 18.3 Å². The van der Waals surface area contributed by atoms with Crippen molar-refractivity contribution in [3.8, 4) is 22.7 Å². The lowest BCUT2D eigenvalue weighted by atomic mass is 10.0. The summed E-state index contributed by atoms with van der Waals surface area (Å²) in [4.78, 5) is 0. The molecule has 0 saturated carbocycles. The molecule has 0 atom stereocenters. The lowest BCUT2D eigenvalue weighted by Crippen LogP contribution is -2.11. The van der Waals surface area contributed by atoms with Crippen molar-refractivity contribution in [1.29, 1.82) is 0 Å². The molecule has 8 heterocycles. The first-order valence-electron chi connectivity index (χ1n) is 15.9. The van der Waals surface area contributed by atoms with Crippen molar-refractivity contribution >= 4 is 64.6 Å². The summed E-state index contributed by atoms with van der Waals surface area (Å²) in [7, 11) is 0. The third-order valence-corrected chi connectivity index (χ3v) is 10.4. The zero-order valence-electron chi connectivity index (χ0n) is 26.1. The molecule has 0 unspecified atom stereocenters. The van der Waals surface area contributed by atoms with Gasteiger partial charge in [0.05, 0.1) is 0 Å². The summed E-state index contributed by atoms with van der Waals surface area (Å²) in [6.07, 6.45) is 10.1. The highest BCUT2D eigenvalue weighted by molar-refractivity contribution is 6.26. The maximum absolute atomic E-state index is 16.2. The van der Waals surface area contributed by atoms with Crippen LogP contribution >= 0.6 is 0 Å². The predicted molar refractivity (Wildman–Crippen MR) is 182 cm³/mol. The van der Waals surface area contributed by atoms with Gasteiger partial charge in [0, 0.05) is 92.7 Å². The van der Waals surface area contributed by atoms with Crippen molar-refractivity contribution in [1.82, 2.24) is 18.3 Å². The van der Waals surface area contributed by atoms with E-state index < -0.39 is 69.3 Å². The number of halogens is 8. The Hall–Kier alpha value is -6.56. The first kappa shape index (κ1) is 29.2. The molecule has 10 aromatic rings. The summed E-state index contributed by atoms with van der Waals surface area (Å²) in [5.74, 6) is -13.3. The van der Waals surface area contributed by atoms with Crippen molar-refractivity contribution in [3.63, 3.8) is 0 Å². The van der Waals surface area contributed by atoms with Gasteiger partial charge in [-0.15, -0.1) is 0 Å². The molecule has 12 bridgehead atoms. The van der Waals surface area contributed by atoms with E-state index in [-0.39, 0.29) is 21.5 Å². The van der Waals surface area contributed by atoms with E-state index in [0.717, 1.165) is 18.3 Å². The highest BCUT2D eigenvalue weighted by Gasteiger charge is 2.31. The van der Waals surface area contributed by atoms with Crippen LogP contribution in [0.2, 0.25) is 0 Å². The van der Waals surface area contributed by atoms with Crippen molar-refractivity contribution in [2.24, 2.45) is 0 Å². The van der Waals surface area contributed by atoms with Crippen molar-refractivity contribution in [2.45, 2.75) is 0 Å². The summed E-state index contributed by atoms with van der Waals surface area (Å²) in [6, 6.07) is 13.5. The second-order valence-electron chi connectivity index (χ2n) is 13.0. The highest BCUT2D eigenvalue weighted by Crippen LogP contribution is 2.43. The van der Waals surface area contributed by atoms with Gasteiger partial charge in [0.1, 0.15) is 22.7 Å². The summed E-state index contributed by atoms with van der Waals surface area (Å²) in [5.41, 5.74) is -4.11. The number of hydrogen-bond donors (Lipinski definition) is 0. The normalized spacial score (nSPS) is 12.6. The Bertz CT molecular complexity index is 2800. The number of hydrogen-bond acceptors (Lipinski definition) is 0. The average molecular weight is 705 g/mol. The van der Waals surface area contributed by atoms with E-state index in [1.54, 1.807) is 48.5 Å². The van der Waals surface area contributed by atoms with Crippen LogP contribution < -0.4 is 0 Å². The molecule has 0 radical (unpaired) electrons. The molecule has 4 nitrogen and oxygen atoms in total. The first-order chi connectivity index (χ1) is 25.1. The van der Waals surface area contributed by atoms with Crippen molar-refractivity contribution in [3.05, 3.63) is 145 Å². The van der Waals surface area contributed by atoms with Gasteiger partial charge >= 0.3 is 0 Å². The molecule has 252 valence electrons. The lowest BCUT2D eigenvalue weighted by molar-refractivity contribution is 0.442. The molecular weight excluding hydrogens is 688 g/mol. The third kappa shape index (κ3) is 3.41. The Kier molecular flexibility index (Phi) is 5.39. The third-order valence-electron chi connectivity index (χ3n) is 10.4. The molecule has 0 amide bonds. The fourth-order valence-corrected chi connectivity index (χ4v) is 8.08. The van der Waals surface area contributed by atoms with Gasteiger partial charge in [-0.25, -0.2) is 35.1 Å². The number of aromatic nitrogens is 4. The molecule has 0 saturated heterocycles. The molecule has 4 aliphatic rings. The largest absolute Gasteiger partial charge is 0.317 e. The Morgan fingerprint density at radius 3 is 0.558 bits per heavy atom. The molecule has 12 heteroatoms. The fourth-order valence-electron chi connectivity index (χ4n) is 8.08. The number of nitrogens with zero attached hydrogens (tertiary/aromatic N) is 4. The van der Waals surface area contributed by atoms with Crippen LogP contribution in [0.1, 0.15) is 0 Å². The Balaban J connectivity index is 1.37. The molecule has 4 aromatic heterocycles. The number of benzene rings is 6. The van der Waals surface area contributed by atoms with Gasteiger partial charge in [-0.05, 0) is 21.5 Å². The van der Waals surface area contributed by atoms with Gasteiger partial charge in [-0.2, -0.15) is 0 Å². The molecule has 4 aliphatic heterocycles. The van der Waals surface area contributed by atoms with Crippen LogP contribution in [0.5, 0.6) is 0 Å². The Morgan fingerprint density at radius 1 is 0.231 bits per heavy atom. The maximum atomic E-state index is 16.2. The van der Waals surface area contributed by atoms with Crippen LogP contribution in [0, 0.1) is 46.5 Å². The maximum Gasteiger partial charge on any atom is 0.188 e. The minimum absolute atomic E-state index is 0.275. The van der Waals surface area contributed by atoms with Crippen LogP contribution in [0.4, 0.5) is 35.1 Å². The standard InChI is InChI=1S/C40H16F8N4/c41-29-31(43)39-32(44)30(42)37(29)49-9-21-17-5-1-2-6-18(17)22-10-50(14-26(22)25(21)13-49)38-33(45)35(47)40(36(48)34(38)46)52-12-24-20-8-4-3-7-19(20)23-11-51(39)15-27(23)28(24)16-52/h1-16H. The summed E-state index contributed by atoms with van der Waals surface area (Å²) >= 11 is 0. The molecule has 0 N–H and O–H groups in total. The van der Waals surface area contributed by atoms with Gasteiger partial charge in [0.15, 0.2) is 46.5 Å². The monoisotopic (exact) mass is 704 g/mol. The average Bonchev–Trinajstić information content (AvgIpc) is 3.95. The van der Waals surface area contributed by atoms with E-state index in [1.165, 1.54) is 49.6 Å². The Morgan fingerprint density at radius 2 is 0.385 bits per heavy atom. The Labute approximate surface area is 285 Å². The van der Waals surface area contributed by atoms with E-state index >= 15 is 35.1 Å². The van der Waals surface area contributed by atoms with Gasteiger partial charge in [-0.3, -0.25) is 0 Å². The van der Waals surface area contributed by atoms with E-state index in [2.05, 4.69) is 0 Å². The molecule has 0 fully saturated rings. The van der Waals surface area contributed by atoms with Crippen LogP contribution in [0.3, 0.4) is 0 Å². The van der Waals surface area contributed by atoms with Crippen molar-refractivity contribution < 1.29 is 35.1 Å². The zero-order chi connectivity index (χ0) is 35.5.